The summed E-state index contributed by atoms with van der Waals surface area (Å²) in [5.41, 5.74) is -1.13. The zero-order chi connectivity index (χ0) is 13.0. The van der Waals surface area contributed by atoms with E-state index >= 15 is 0 Å². The van der Waals surface area contributed by atoms with Crippen molar-refractivity contribution in [3.8, 4) is 0 Å². The van der Waals surface area contributed by atoms with E-state index in [1.165, 1.54) is 6.92 Å². The Bertz CT molecular complexity index is 325. The molecule has 0 fully saturated rings. The van der Waals surface area contributed by atoms with Crippen molar-refractivity contribution in [2.45, 2.75) is 18.9 Å². The van der Waals surface area contributed by atoms with E-state index in [1.807, 2.05) is 0 Å². The van der Waals surface area contributed by atoms with Crippen LogP contribution in [0.4, 0.5) is 0 Å². The van der Waals surface area contributed by atoms with Crippen molar-refractivity contribution in [3.05, 3.63) is 0 Å². The zero-order valence-electron chi connectivity index (χ0n) is 10.3. The van der Waals surface area contributed by atoms with Crippen LogP contribution >= 0.6 is 31.5 Å². The molecule has 98 valence electrons. The molecule has 0 aromatic rings. The monoisotopic (exact) mass is 385 g/mol. The topological polar surface area (TPSA) is 142 Å². The largest absolute Gasteiger partial charge is 1.00 e. The summed E-state index contributed by atoms with van der Waals surface area (Å²) < 4.78 is 24.5. The van der Waals surface area contributed by atoms with E-state index in [9.17, 15) is 24.0 Å². The fraction of sp³-hybridized carbons (Fsp3) is 1.00. The van der Waals surface area contributed by atoms with Gasteiger partial charge in [-0.1, -0.05) is 15.9 Å². The molecular weight excluding hydrogens is 374 g/mol. The molecule has 3 atom stereocenters. The molecule has 0 rings (SSSR count). The minimum atomic E-state index is -5.33. The first-order valence-corrected chi connectivity index (χ1v) is 8.23. The number of nitrogens with one attached hydrogen (secondary N) is 1. The molecule has 0 saturated carbocycles. The van der Waals surface area contributed by atoms with Gasteiger partial charge < -0.3 is 19.8 Å². The van der Waals surface area contributed by atoms with Crippen LogP contribution in [0.25, 0.3) is 0 Å². The Morgan fingerprint density at radius 2 is 1.83 bits per heavy atom. The minimum Gasteiger partial charge on any atom is -0.766 e. The van der Waals surface area contributed by atoms with Crippen LogP contribution in [0.2, 0.25) is 0 Å². The van der Waals surface area contributed by atoms with Crippen LogP contribution in [-0.2, 0) is 13.4 Å². The molecule has 0 saturated heterocycles. The average molecular weight is 386 g/mol. The van der Waals surface area contributed by atoms with Crippen molar-refractivity contribution >= 4 is 31.5 Å². The summed E-state index contributed by atoms with van der Waals surface area (Å²) in [6, 6.07) is 0. The summed E-state index contributed by atoms with van der Waals surface area (Å²) in [5, 5.41) is 11.5. The van der Waals surface area contributed by atoms with Gasteiger partial charge in [-0.2, -0.15) is 0 Å². The molecule has 0 aromatic carbocycles. The van der Waals surface area contributed by atoms with Gasteiger partial charge in [0.1, 0.15) is 0 Å². The SMILES string of the molecule is CC(O)(CBr)CCNP(=O)([O-])OP(=O)([O-])O.[Na+].[Na+]. The van der Waals surface area contributed by atoms with Crippen molar-refractivity contribution in [3.63, 3.8) is 0 Å². The number of rotatable bonds is 7. The maximum atomic E-state index is 10.9. The van der Waals surface area contributed by atoms with Crippen molar-refractivity contribution < 1.29 is 92.3 Å². The Morgan fingerprint density at radius 1 is 1.39 bits per heavy atom. The van der Waals surface area contributed by atoms with Gasteiger partial charge >= 0.3 is 59.1 Å². The average Bonchev–Trinajstić information content (AvgIpc) is 1.98. The van der Waals surface area contributed by atoms with E-state index in [0.717, 1.165) is 0 Å². The van der Waals surface area contributed by atoms with E-state index in [1.54, 1.807) is 5.09 Å². The predicted octanol–water partition coefficient (Wildman–Crippen LogP) is -6.93. The van der Waals surface area contributed by atoms with Crippen LogP contribution in [0.3, 0.4) is 0 Å². The van der Waals surface area contributed by atoms with Gasteiger partial charge in [0.2, 0.25) is 7.75 Å². The molecule has 8 nitrogen and oxygen atoms in total. The van der Waals surface area contributed by atoms with Gasteiger partial charge in [-0.25, -0.2) is 0 Å². The Labute approximate surface area is 158 Å². The van der Waals surface area contributed by atoms with Gasteiger partial charge in [0.15, 0.2) is 0 Å². The molecule has 0 aliphatic carbocycles. The number of alkyl halides is 1. The van der Waals surface area contributed by atoms with Crippen LogP contribution in [0.1, 0.15) is 13.3 Å². The third-order valence-electron chi connectivity index (χ3n) is 1.47. The van der Waals surface area contributed by atoms with Gasteiger partial charge in [-0.05, 0) is 13.3 Å². The standard InChI is InChI=1S/C5H14BrNO7P2.2Na/c1-5(8,4-6)2-3-7-15(9,10)14-16(11,12)13;;/h8H,2-4H2,1H3,(H2,7,9,10)(H2,11,12,13);;/q;2*+1/p-2. The molecule has 0 radical (unpaired) electrons. The Morgan fingerprint density at radius 3 is 2.17 bits per heavy atom. The Hall–Kier alpha value is 2.70. The van der Waals surface area contributed by atoms with Crippen LogP contribution in [0, 0.1) is 0 Å². The second-order valence-corrected chi connectivity index (χ2v) is 6.80. The van der Waals surface area contributed by atoms with Crippen molar-refractivity contribution in [1.82, 2.24) is 5.09 Å². The van der Waals surface area contributed by atoms with Gasteiger partial charge in [0.05, 0.1) is 5.60 Å². The molecular formula is C5H12BrNNa2O7P2. The molecule has 0 aliphatic rings. The van der Waals surface area contributed by atoms with E-state index < -0.39 is 21.2 Å². The Balaban J connectivity index is -0.00000112. The molecule has 13 heteroatoms. The number of halogens is 1. The number of aliphatic hydroxyl groups is 1. The molecule has 0 heterocycles. The van der Waals surface area contributed by atoms with E-state index in [2.05, 4.69) is 20.2 Å². The summed E-state index contributed by atoms with van der Waals surface area (Å²) in [7, 11) is -10.2. The number of hydrogen-bond donors (Lipinski definition) is 3. The fourth-order valence-corrected chi connectivity index (χ4v) is 2.68. The summed E-state index contributed by atoms with van der Waals surface area (Å²) in [6.45, 7) is 1.24. The summed E-state index contributed by atoms with van der Waals surface area (Å²) in [6.07, 6.45) is 0.0441. The minimum absolute atomic E-state index is 0. The van der Waals surface area contributed by atoms with E-state index in [4.69, 9.17) is 4.89 Å². The van der Waals surface area contributed by atoms with Crippen LogP contribution in [-0.4, -0.2) is 27.5 Å². The summed E-state index contributed by atoms with van der Waals surface area (Å²) >= 11 is 3.01. The molecule has 0 amide bonds. The second kappa shape index (κ2) is 10.4. The third kappa shape index (κ3) is 15.1. The molecule has 0 bridgehead atoms. The quantitative estimate of drug-likeness (QED) is 0.223. The zero-order valence-corrected chi connectivity index (χ0v) is 17.7. The van der Waals surface area contributed by atoms with Gasteiger partial charge in [-0.3, -0.25) is 18.5 Å². The van der Waals surface area contributed by atoms with Crippen molar-refractivity contribution in [2.24, 2.45) is 0 Å². The third-order valence-corrected chi connectivity index (χ3v) is 4.97. The molecule has 0 aliphatic heterocycles. The maximum Gasteiger partial charge on any atom is 1.00 e. The van der Waals surface area contributed by atoms with Gasteiger partial charge in [0, 0.05) is 11.9 Å². The van der Waals surface area contributed by atoms with Crippen LogP contribution in [0.15, 0.2) is 0 Å². The first kappa shape index (κ1) is 25.6. The molecule has 3 N–H and O–H groups in total. The number of hydrogen-bond acceptors (Lipinski definition) is 6. The van der Waals surface area contributed by atoms with Crippen molar-refractivity contribution in [2.75, 3.05) is 11.9 Å². The summed E-state index contributed by atoms with van der Waals surface area (Å²) in [5.74, 6) is 0. The normalized spacial score (nSPS) is 20.6. The molecule has 3 unspecified atom stereocenters. The summed E-state index contributed by atoms with van der Waals surface area (Å²) in [4.78, 5) is 29.2. The maximum absolute atomic E-state index is 10.9. The predicted molar refractivity (Wildman–Crippen MR) is 55.6 cm³/mol. The van der Waals surface area contributed by atoms with Crippen LogP contribution < -0.4 is 74.0 Å². The first-order chi connectivity index (χ1) is 6.97. The van der Waals surface area contributed by atoms with E-state index in [0.29, 0.717) is 0 Å². The van der Waals surface area contributed by atoms with Gasteiger partial charge in [0.25, 0.3) is 7.82 Å². The molecule has 0 spiro atoms. The first-order valence-electron chi connectivity index (χ1n) is 4.07. The smallest absolute Gasteiger partial charge is 0.766 e. The van der Waals surface area contributed by atoms with Gasteiger partial charge in [-0.15, -0.1) is 0 Å². The molecule has 0 aromatic heterocycles. The van der Waals surface area contributed by atoms with Crippen LogP contribution in [0.5, 0.6) is 0 Å². The molecule has 18 heavy (non-hydrogen) atoms. The Kier molecular flexibility index (Phi) is 14.9. The fourth-order valence-electron chi connectivity index (χ4n) is 0.694. The number of phosphoric acid groups is 1. The van der Waals surface area contributed by atoms with E-state index in [-0.39, 0.29) is 77.4 Å². The second-order valence-electron chi connectivity index (χ2n) is 3.34. The van der Waals surface area contributed by atoms with Crippen molar-refractivity contribution in [1.29, 1.82) is 0 Å².